The molecule has 0 fully saturated rings. The van der Waals surface area contributed by atoms with Crippen molar-refractivity contribution >= 4 is 11.6 Å². The van der Waals surface area contributed by atoms with Gasteiger partial charge in [-0.3, -0.25) is 0 Å². The molecular weight excluding hydrogens is 196 g/mol. The van der Waals surface area contributed by atoms with Crippen LogP contribution in [-0.2, 0) is 0 Å². The van der Waals surface area contributed by atoms with Crippen LogP contribution in [0.4, 0.5) is 0 Å². The smallest absolute Gasteiger partial charge is 0.119 e. The molecule has 14 heavy (non-hydrogen) atoms. The van der Waals surface area contributed by atoms with Crippen LogP contribution in [0.25, 0.3) is 0 Å². The molecule has 0 spiro atoms. The molecule has 2 heteroatoms. The van der Waals surface area contributed by atoms with Crippen molar-refractivity contribution in [3.63, 3.8) is 0 Å². The highest BCUT2D eigenvalue weighted by Gasteiger charge is 2.08. The van der Waals surface area contributed by atoms with Gasteiger partial charge in [0, 0.05) is 5.38 Å². The van der Waals surface area contributed by atoms with Crippen LogP contribution in [0.2, 0.25) is 0 Å². The molecule has 0 bridgehead atoms. The van der Waals surface area contributed by atoms with Crippen LogP contribution in [0.15, 0.2) is 30.3 Å². The van der Waals surface area contributed by atoms with Gasteiger partial charge in [0.05, 0.1) is 6.61 Å². The van der Waals surface area contributed by atoms with Crippen LogP contribution in [0, 0.1) is 5.92 Å². The van der Waals surface area contributed by atoms with Crippen molar-refractivity contribution in [2.75, 3.05) is 6.61 Å². The first kappa shape index (κ1) is 11.4. The molecule has 78 valence electrons. The number of ether oxygens (including phenoxy) is 1. The maximum absolute atomic E-state index is 5.95. The molecule has 0 heterocycles. The minimum atomic E-state index is 0.217. The van der Waals surface area contributed by atoms with Crippen LogP contribution in [0.3, 0.4) is 0 Å². The van der Waals surface area contributed by atoms with E-state index in [1.165, 1.54) is 0 Å². The molecule has 0 amide bonds. The normalized spacial score (nSPS) is 14.8. The van der Waals surface area contributed by atoms with Crippen molar-refractivity contribution in [1.29, 1.82) is 0 Å². The predicted molar refractivity (Wildman–Crippen MR) is 61.0 cm³/mol. The Kier molecular flexibility index (Phi) is 4.81. The number of alkyl halides is 1. The number of halogens is 1. The van der Waals surface area contributed by atoms with E-state index in [1.54, 1.807) is 0 Å². The zero-order chi connectivity index (χ0) is 10.4. The largest absolute Gasteiger partial charge is 0.494 e. The maximum Gasteiger partial charge on any atom is 0.119 e. The second-order valence-electron chi connectivity index (χ2n) is 3.61. The summed E-state index contributed by atoms with van der Waals surface area (Å²) in [5, 5.41) is 0.217. The van der Waals surface area contributed by atoms with E-state index in [0.717, 1.165) is 18.8 Å². The molecule has 2 unspecified atom stereocenters. The Hall–Kier alpha value is -0.690. The Morgan fingerprint density at radius 2 is 1.86 bits per heavy atom. The van der Waals surface area contributed by atoms with Gasteiger partial charge in [-0.2, -0.15) is 0 Å². The molecule has 1 nitrogen and oxygen atoms in total. The fraction of sp³-hybridized carbons (Fsp3) is 0.500. The Balaban J connectivity index is 2.22. The Morgan fingerprint density at radius 1 is 1.21 bits per heavy atom. The highest BCUT2D eigenvalue weighted by Crippen LogP contribution is 2.15. The van der Waals surface area contributed by atoms with E-state index in [0.29, 0.717) is 5.92 Å². The number of rotatable bonds is 5. The summed E-state index contributed by atoms with van der Waals surface area (Å²) < 4.78 is 5.57. The predicted octanol–water partition coefficient (Wildman–Crippen LogP) is 3.72. The van der Waals surface area contributed by atoms with Gasteiger partial charge in [-0.15, -0.1) is 11.6 Å². The molecule has 0 radical (unpaired) electrons. The van der Waals surface area contributed by atoms with E-state index < -0.39 is 0 Å². The highest BCUT2D eigenvalue weighted by atomic mass is 35.5. The summed E-state index contributed by atoms with van der Waals surface area (Å²) in [5.41, 5.74) is 0. The SMILES string of the molecule is CC(Cl)C(C)CCOc1ccccc1. The molecular formula is C12H17ClO. The standard InChI is InChI=1S/C12H17ClO/c1-10(11(2)13)8-9-14-12-6-4-3-5-7-12/h3-7,10-11H,8-9H2,1-2H3. The van der Waals surface area contributed by atoms with E-state index >= 15 is 0 Å². The minimum absolute atomic E-state index is 0.217. The summed E-state index contributed by atoms with van der Waals surface area (Å²) in [6.45, 7) is 4.91. The molecule has 0 aromatic heterocycles. The highest BCUT2D eigenvalue weighted by molar-refractivity contribution is 6.20. The van der Waals surface area contributed by atoms with Crippen LogP contribution in [-0.4, -0.2) is 12.0 Å². The van der Waals surface area contributed by atoms with E-state index in [4.69, 9.17) is 16.3 Å². The van der Waals surface area contributed by atoms with Gasteiger partial charge in [-0.1, -0.05) is 25.1 Å². The second kappa shape index (κ2) is 5.92. The van der Waals surface area contributed by atoms with Crippen molar-refractivity contribution in [3.05, 3.63) is 30.3 Å². The van der Waals surface area contributed by atoms with Gasteiger partial charge in [0.25, 0.3) is 0 Å². The third-order valence-electron chi connectivity index (χ3n) is 2.37. The fourth-order valence-corrected chi connectivity index (χ4v) is 1.24. The van der Waals surface area contributed by atoms with E-state index in [9.17, 15) is 0 Å². The average molecular weight is 213 g/mol. The lowest BCUT2D eigenvalue weighted by Gasteiger charge is -2.13. The summed E-state index contributed by atoms with van der Waals surface area (Å²) in [6.07, 6.45) is 1.000. The van der Waals surface area contributed by atoms with Crippen molar-refractivity contribution in [2.24, 2.45) is 5.92 Å². The van der Waals surface area contributed by atoms with Crippen LogP contribution < -0.4 is 4.74 Å². The lowest BCUT2D eigenvalue weighted by atomic mass is 10.1. The van der Waals surface area contributed by atoms with Gasteiger partial charge in [0.2, 0.25) is 0 Å². The summed E-state index contributed by atoms with van der Waals surface area (Å²) in [4.78, 5) is 0. The van der Waals surface area contributed by atoms with Gasteiger partial charge in [0.1, 0.15) is 5.75 Å². The number of benzene rings is 1. The first-order chi connectivity index (χ1) is 6.70. The number of hydrogen-bond acceptors (Lipinski definition) is 1. The Morgan fingerprint density at radius 3 is 2.43 bits per heavy atom. The van der Waals surface area contributed by atoms with E-state index in [1.807, 2.05) is 37.3 Å². The molecule has 0 aliphatic carbocycles. The molecule has 0 aliphatic heterocycles. The van der Waals surface area contributed by atoms with Gasteiger partial charge in [-0.05, 0) is 31.4 Å². The third-order valence-corrected chi connectivity index (χ3v) is 2.80. The van der Waals surface area contributed by atoms with Crippen LogP contribution in [0.5, 0.6) is 5.75 Å². The monoisotopic (exact) mass is 212 g/mol. The summed E-state index contributed by atoms with van der Waals surface area (Å²) in [6, 6.07) is 9.87. The molecule has 1 aromatic rings. The van der Waals surface area contributed by atoms with Crippen molar-refractivity contribution < 1.29 is 4.74 Å². The fourth-order valence-electron chi connectivity index (χ4n) is 1.11. The van der Waals surface area contributed by atoms with Gasteiger partial charge < -0.3 is 4.74 Å². The quantitative estimate of drug-likeness (QED) is 0.676. The topological polar surface area (TPSA) is 9.23 Å². The molecule has 0 saturated heterocycles. The van der Waals surface area contributed by atoms with Gasteiger partial charge in [0.15, 0.2) is 0 Å². The lowest BCUT2D eigenvalue weighted by Crippen LogP contribution is -2.11. The first-order valence-electron chi connectivity index (χ1n) is 5.02. The molecule has 1 aromatic carbocycles. The summed E-state index contributed by atoms with van der Waals surface area (Å²) in [7, 11) is 0. The van der Waals surface area contributed by atoms with E-state index in [2.05, 4.69) is 6.92 Å². The van der Waals surface area contributed by atoms with Crippen molar-refractivity contribution in [1.82, 2.24) is 0 Å². The van der Waals surface area contributed by atoms with Gasteiger partial charge in [-0.25, -0.2) is 0 Å². The van der Waals surface area contributed by atoms with Crippen LogP contribution in [0.1, 0.15) is 20.3 Å². The third kappa shape index (κ3) is 4.01. The van der Waals surface area contributed by atoms with Gasteiger partial charge >= 0.3 is 0 Å². The summed E-state index contributed by atoms with van der Waals surface area (Å²) in [5.74, 6) is 1.43. The molecule has 0 saturated carbocycles. The zero-order valence-electron chi connectivity index (χ0n) is 8.74. The van der Waals surface area contributed by atoms with Crippen molar-refractivity contribution in [3.8, 4) is 5.75 Å². The average Bonchev–Trinajstić information content (AvgIpc) is 2.19. The number of para-hydroxylation sites is 1. The first-order valence-corrected chi connectivity index (χ1v) is 5.45. The van der Waals surface area contributed by atoms with Crippen molar-refractivity contribution in [2.45, 2.75) is 25.6 Å². The molecule has 2 atom stereocenters. The van der Waals surface area contributed by atoms with Crippen LogP contribution >= 0.6 is 11.6 Å². The Labute approximate surface area is 91.0 Å². The summed E-state index contributed by atoms with van der Waals surface area (Å²) >= 11 is 5.95. The molecule has 0 aliphatic rings. The lowest BCUT2D eigenvalue weighted by molar-refractivity contribution is 0.283. The minimum Gasteiger partial charge on any atom is -0.494 e. The number of hydrogen-bond donors (Lipinski definition) is 0. The second-order valence-corrected chi connectivity index (χ2v) is 4.29. The maximum atomic E-state index is 5.95. The Bertz CT molecular complexity index is 246. The molecule has 1 rings (SSSR count). The molecule has 0 N–H and O–H groups in total. The van der Waals surface area contributed by atoms with E-state index in [-0.39, 0.29) is 5.38 Å². The zero-order valence-corrected chi connectivity index (χ0v) is 9.50.